The van der Waals surface area contributed by atoms with Crippen molar-refractivity contribution in [1.29, 1.82) is 5.26 Å². The zero-order valence-corrected chi connectivity index (χ0v) is 8.50. The molecule has 0 N–H and O–H groups in total. The standard InChI is InChI=1S/C11H10FNO2/c1-11(2)6-14-8-4-3-7(5-13)9(12)10(8)15-11/h3-4H,6H2,1-2H3. The minimum atomic E-state index is -0.650. The monoisotopic (exact) mass is 207 g/mol. The summed E-state index contributed by atoms with van der Waals surface area (Å²) in [7, 11) is 0. The van der Waals surface area contributed by atoms with Crippen molar-refractivity contribution >= 4 is 0 Å². The number of benzene rings is 1. The second kappa shape index (κ2) is 3.13. The Morgan fingerprint density at radius 3 is 2.87 bits per heavy atom. The SMILES string of the molecule is CC1(C)COc2ccc(C#N)c(F)c2O1. The van der Waals surface area contributed by atoms with Gasteiger partial charge in [0.1, 0.15) is 18.3 Å². The quantitative estimate of drug-likeness (QED) is 0.655. The van der Waals surface area contributed by atoms with Gasteiger partial charge in [-0.2, -0.15) is 5.26 Å². The zero-order valence-electron chi connectivity index (χ0n) is 8.50. The average molecular weight is 207 g/mol. The van der Waals surface area contributed by atoms with E-state index in [1.54, 1.807) is 26.0 Å². The Hall–Kier alpha value is -1.76. The van der Waals surface area contributed by atoms with E-state index in [-0.39, 0.29) is 11.3 Å². The molecule has 2 rings (SSSR count). The molecule has 1 aromatic carbocycles. The molecular formula is C11H10FNO2. The number of nitrogens with zero attached hydrogens (tertiary/aromatic N) is 1. The Morgan fingerprint density at radius 2 is 2.20 bits per heavy atom. The van der Waals surface area contributed by atoms with Gasteiger partial charge in [0, 0.05) is 0 Å². The van der Waals surface area contributed by atoms with Crippen LogP contribution < -0.4 is 9.47 Å². The van der Waals surface area contributed by atoms with Gasteiger partial charge in [-0.1, -0.05) is 0 Å². The van der Waals surface area contributed by atoms with Crippen molar-refractivity contribution in [2.45, 2.75) is 19.4 Å². The van der Waals surface area contributed by atoms with Gasteiger partial charge in [0.25, 0.3) is 0 Å². The van der Waals surface area contributed by atoms with Crippen molar-refractivity contribution in [2.24, 2.45) is 0 Å². The van der Waals surface area contributed by atoms with E-state index >= 15 is 0 Å². The minimum Gasteiger partial charge on any atom is -0.485 e. The van der Waals surface area contributed by atoms with Gasteiger partial charge in [-0.15, -0.1) is 0 Å². The Balaban J connectivity index is 2.53. The molecule has 1 aliphatic heterocycles. The van der Waals surface area contributed by atoms with Crippen molar-refractivity contribution in [1.82, 2.24) is 0 Å². The van der Waals surface area contributed by atoms with Crippen LogP contribution in [0.25, 0.3) is 0 Å². The molecule has 0 spiro atoms. The molecule has 0 saturated heterocycles. The highest BCUT2D eigenvalue weighted by Gasteiger charge is 2.31. The lowest BCUT2D eigenvalue weighted by molar-refractivity contribution is 0.0170. The first-order valence-electron chi connectivity index (χ1n) is 4.58. The maximum Gasteiger partial charge on any atom is 0.199 e. The molecule has 0 aromatic heterocycles. The molecule has 15 heavy (non-hydrogen) atoms. The van der Waals surface area contributed by atoms with E-state index in [2.05, 4.69) is 0 Å². The summed E-state index contributed by atoms with van der Waals surface area (Å²) >= 11 is 0. The molecular weight excluding hydrogens is 197 g/mol. The Morgan fingerprint density at radius 1 is 1.47 bits per heavy atom. The van der Waals surface area contributed by atoms with Gasteiger partial charge in [-0.25, -0.2) is 4.39 Å². The molecule has 3 nitrogen and oxygen atoms in total. The van der Waals surface area contributed by atoms with Crippen molar-refractivity contribution in [2.75, 3.05) is 6.61 Å². The predicted octanol–water partition coefficient (Wildman–Crippen LogP) is 2.25. The van der Waals surface area contributed by atoms with Crippen molar-refractivity contribution in [3.8, 4) is 17.6 Å². The summed E-state index contributed by atoms with van der Waals surface area (Å²) < 4.78 is 24.5. The Bertz CT molecular complexity index is 449. The molecule has 0 atom stereocenters. The van der Waals surface area contributed by atoms with Crippen LogP contribution in [0.4, 0.5) is 4.39 Å². The van der Waals surface area contributed by atoms with Gasteiger partial charge in [0.2, 0.25) is 0 Å². The van der Waals surface area contributed by atoms with E-state index in [0.717, 1.165) is 0 Å². The third-order valence-electron chi connectivity index (χ3n) is 2.14. The van der Waals surface area contributed by atoms with Crippen LogP contribution in [0.3, 0.4) is 0 Å². The number of nitriles is 1. The summed E-state index contributed by atoms with van der Waals surface area (Å²) in [5, 5.41) is 8.66. The maximum atomic E-state index is 13.7. The molecule has 1 aromatic rings. The smallest absolute Gasteiger partial charge is 0.199 e. The number of halogens is 1. The molecule has 0 unspecified atom stereocenters. The van der Waals surface area contributed by atoms with Gasteiger partial charge in [0.15, 0.2) is 17.3 Å². The number of hydrogen-bond acceptors (Lipinski definition) is 3. The molecule has 78 valence electrons. The van der Waals surface area contributed by atoms with Crippen LogP contribution in [-0.4, -0.2) is 12.2 Å². The number of hydrogen-bond donors (Lipinski definition) is 0. The lowest BCUT2D eigenvalue weighted by atomic mass is 10.1. The molecule has 4 heteroatoms. The van der Waals surface area contributed by atoms with Crippen molar-refractivity contribution < 1.29 is 13.9 Å². The van der Waals surface area contributed by atoms with Crippen LogP contribution in [0, 0.1) is 17.1 Å². The summed E-state index contributed by atoms with van der Waals surface area (Å²) in [6, 6.07) is 4.69. The molecule has 0 amide bonds. The number of ether oxygens (including phenoxy) is 2. The molecule has 0 aliphatic carbocycles. The Labute approximate surface area is 87.0 Å². The van der Waals surface area contributed by atoms with E-state index < -0.39 is 11.4 Å². The number of fused-ring (bicyclic) bond motifs is 1. The molecule has 1 heterocycles. The fraction of sp³-hybridized carbons (Fsp3) is 0.364. The predicted molar refractivity (Wildman–Crippen MR) is 51.3 cm³/mol. The lowest BCUT2D eigenvalue weighted by Gasteiger charge is -2.32. The van der Waals surface area contributed by atoms with E-state index in [1.165, 1.54) is 6.07 Å². The van der Waals surface area contributed by atoms with Crippen LogP contribution in [0.5, 0.6) is 11.5 Å². The normalized spacial score (nSPS) is 16.9. The van der Waals surface area contributed by atoms with Gasteiger partial charge in [0.05, 0.1) is 5.56 Å². The maximum absolute atomic E-state index is 13.7. The third kappa shape index (κ3) is 1.61. The lowest BCUT2D eigenvalue weighted by Crippen LogP contribution is -2.39. The topological polar surface area (TPSA) is 42.2 Å². The van der Waals surface area contributed by atoms with Gasteiger partial charge >= 0.3 is 0 Å². The van der Waals surface area contributed by atoms with Crippen LogP contribution in [0.1, 0.15) is 19.4 Å². The molecule has 1 aliphatic rings. The van der Waals surface area contributed by atoms with Gasteiger partial charge in [-0.05, 0) is 26.0 Å². The van der Waals surface area contributed by atoms with E-state index in [9.17, 15) is 4.39 Å². The summed E-state index contributed by atoms with van der Waals surface area (Å²) in [5.74, 6) is -0.265. The summed E-state index contributed by atoms with van der Waals surface area (Å²) in [6.07, 6.45) is 0. The molecule has 0 bridgehead atoms. The minimum absolute atomic E-state index is 0.0324. The largest absolute Gasteiger partial charge is 0.485 e. The average Bonchev–Trinajstić information content (AvgIpc) is 2.19. The van der Waals surface area contributed by atoms with E-state index in [1.807, 2.05) is 0 Å². The second-order valence-corrected chi connectivity index (χ2v) is 4.02. The van der Waals surface area contributed by atoms with Crippen LogP contribution in [-0.2, 0) is 0 Å². The first-order valence-corrected chi connectivity index (χ1v) is 4.58. The van der Waals surface area contributed by atoms with E-state index in [0.29, 0.717) is 12.4 Å². The first-order chi connectivity index (χ1) is 7.03. The highest BCUT2D eigenvalue weighted by Crippen LogP contribution is 2.38. The third-order valence-corrected chi connectivity index (χ3v) is 2.14. The number of rotatable bonds is 0. The van der Waals surface area contributed by atoms with Gasteiger partial charge < -0.3 is 9.47 Å². The highest BCUT2D eigenvalue weighted by atomic mass is 19.1. The fourth-order valence-electron chi connectivity index (χ4n) is 1.39. The summed E-state index contributed by atoms with van der Waals surface area (Å²) in [5.41, 5.74) is -0.600. The zero-order chi connectivity index (χ0) is 11.1. The second-order valence-electron chi connectivity index (χ2n) is 4.02. The van der Waals surface area contributed by atoms with Crippen molar-refractivity contribution in [3.63, 3.8) is 0 Å². The van der Waals surface area contributed by atoms with Crippen LogP contribution in [0.15, 0.2) is 12.1 Å². The summed E-state index contributed by atoms with van der Waals surface area (Å²) in [6.45, 7) is 3.97. The van der Waals surface area contributed by atoms with Crippen molar-refractivity contribution in [3.05, 3.63) is 23.5 Å². The fourth-order valence-corrected chi connectivity index (χ4v) is 1.39. The molecule has 0 radical (unpaired) electrons. The molecule has 0 saturated carbocycles. The van der Waals surface area contributed by atoms with Crippen LogP contribution >= 0.6 is 0 Å². The summed E-state index contributed by atoms with van der Waals surface area (Å²) in [4.78, 5) is 0. The molecule has 0 fully saturated rings. The van der Waals surface area contributed by atoms with Gasteiger partial charge in [-0.3, -0.25) is 0 Å². The Kier molecular flexibility index (Phi) is 2.04. The first kappa shape index (κ1) is 9.78. The van der Waals surface area contributed by atoms with E-state index in [4.69, 9.17) is 14.7 Å². The highest BCUT2D eigenvalue weighted by molar-refractivity contribution is 5.49. The van der Waals surface area contributed by atoms with Crippen LogP contribution in [0.2, 0.25) is 0 Å².